The lowest BCUT2D eigenvalue weighted by molar-refractivity contribution is -0.120. The molecule has 1 aliphatic heterocycles. The Morgan fingerprint density at radius 3 is 2.41 bits per heavy atom. The van der Waals surface area contributed by atoms with E-state index >= 15 is 0 Å². The van der Waals surface area contributed by atoms with Gasteiger partial charge in [-0.1, -0.05) is 11.6 Å². The molecule has 2 heterocycles. The second-order valence-corrected chi connectivity index (χ2v) is 8.57. The summed E-state index contributed by atoms with van der Waals surface area (Å²) in [4.78, 5) is 11.1. The summed E-state index contributed by atoms with van der Waals surface area (Å²) in [5.41, 5.74) is 0. The Morgan fingerprint density at radius 1 is 1.35 bits per heavy atom. The van der Waals surface area contributed by atoms with E-state index in [4.69, 9.17) is 11.6 Å². The quantitative estimate of drug-likeness (QED) is 0.816. The minimum atomic E-state index is -3.50. The van der Waals surface area contributed by atoms with Gasteiger partial charge in [-0.25, -0.2) is 8.42 Å². The summed E-state index contributed by atoms with van der Waals surface area (Å²) >= 11 is 10.1. The number of nitrogens with zero attached hydrogens (tertiary/aromatic N) is 1. The smallest absolute Gasteiger partial charge is 0.252 e. The number of carbonyl (C=O) groups is 1. The number of ketones is 1. The maximum absolute atomic E-state index is 12.2. The molecule has 1 aromatic heterocycles. The van der Waals surface area contributed by atoms with Crippen LogP contribution < -0.4 is 0 Å². The number of carbonyl (C=O) groups excluding carboxylic acids is 1. The summed E-state index contributed by atoms with van der Waals surface area (Å²) in [6.07, 6.45) is 0.582. The molecular weight excluding hydrogens is 350 g/mol. The van der Waals surface area contributed by atoms with Crippen molar-refractivity contribution < 1.29 is 13.2 Å². The Labute approximate surface area is 117 Å². The summed E-state index contributed by atoms with van der Waals surface area (Å²) < 4.78 is 26.6. The second-order valence-electron chi connectivity index (χ2n) is 3.63. The number of piperidine rings is 1. The highest BCUT2D eigenvalue weighted by Gasteiger charge is 2.30. The molecule has 1 saturated heterocycles. The summed E-state index contributed by atoms with van der Waals surface area (Å²) in [7, 11) is -3.50. The zero-order valence-electron chi connectivity index (χ0n) is 8.65. The first kappa shape index (κ1) is 13.5. The van der Waals surface area contributed by atoms with Crippen molar-refractivity contribution in [3.8, 4) is 0 Å². The van der Waals surface area contributed by atoms with Gasteiger partial charge in [0, 0.05) is 25.9 Å². The van der Waals surface area contributed by atoms with Crippen LogP contribution >= 0.6 is 38.9 Å². The summed E-state index contributed by atoms with van der Waals surface area (Å²) in [6.45, 7) is 0.516. The molecule has 1 fully saturated rings. The third-order valence-corrected chi connectivity index (χ3v) is 7.32. The van der Waals surface area contributed by atoms with E-state index in [0.717, 1.165) is 11.3 Å². The number of sulfonamides is 1. The monoisotopic (exact) mass is 357 g/mol. The molecule has 1 aliphatic rings. The fraction of sp³-hybridized carbons (Fsp3) is 0.444. The van der Waals surface area contributed by atoms with Gasteiger partial charge in [0.2, 0.25) is 0 Å². The second kappa shape index (κ2) is 4.97. The van der Waals surface area contributed by atoms with Gasteiger partial charge >= 0.3 is 0 Å². The van der Waals surface area contributed by atoms with Gasteiger partial charge in [0.15, 0.2) is 0 Å². The Kier molecular flexibility index (Phi) is 3.94. The van der Waals surface area contributed by atoms with Crippen LogP contribution in [0.5, 0.6) is 0 Å². The maximum atomic E-state index is 12.2. The van der Waals surface area contributed by atoms with Crippen LogP contribution in [0.2, 0.25) is 5.02 Å². The van der Waals surface area contributed by atoms with Gasteiger partial charge < -0.3 is 0 Å². The van der Waals surface area contributed by atoms with E-state index in [-0.39, 0.29) is 23.1 Å². The Hall–Kier alpha value is 0.0500. The minimum absolute atomic E-state index is 0.113. The molecule has 0 radical (unpaired) electrons. The van der Waals surface area contributed by atoms with Crippen molar-refractivity contribution in [3.63, 3.8) is 0 Å². The van der Waals surface area contributed by atoms with Crippen molar-refractivity contribution in [2.75, 3.05) is 13.1 Å². The standard InChI is InChI=1S/C9H9BrClNO3S2/c10-9-7(11)5-8(16-9)17(14,15)12-3-1-6(13)2-4-12/h5H,1-4H2. The molecular formula is C9H9BrClNO3S2. The molecule has 1 aromatic rings. The molecule has 0 spiro atoms. The van der Waals surface area contributed by atoms with E-state index in [1.54, 1.807) is 0 Å². The number of thiophene rings is 1. The molecule has 0 unspecified atom stereocenters. The van der Waals surface area contributed by atoms with Crippen LogP contribution in [0.3, 0.4) is 0 Å². The lowest BCUT2D eigenvalue weighted by atomic mass is 10.1. The SMILES string of the molecule is O=C1CCN(S(=O)(=O)c2cc(Cl)c(Br)s2)CC1. The van der Waals surface area contributed by atoms with E-state index in [2.05, 4.69) is 15.9 Å². The number of Topliss-reactive ketones (excluding diaryl/α,β-unsaturated/α-hetero) is 1. The first-order chi connectivity index (χ1) is 7.91. The average molecular weight is 359 g/mol. The number of hydrogen-bond acceptors (Lipinski definition) is 4. The predicted molar refractivity (Wildman–Crippen MR) is 70.0 cm³/mol. The third kappa shape index (κ3) is 2.73. The van der Waals surface area contributed by atoms with Gasteiger partial charge in [-0.3, -0.25) is 4.79 Å². The molecule has 94 valence electrons. The molecule has 17 heavy (non-hydrogen) atoms. The van der Waals surface area contributed by atoms with Crippen LogP contribution in [0.15, 0.2) is 14.1 Å². The highest BCUT2D eigenvalue weighted by molar-refractivity contribution is 9.11. The van der Waals surface area contributed by atoms with Crippen molar-refractivity contribution in [2.24, 2.45) is 0 Å². The van der Waals surface area contributed by atoms with Crippen LogP contribution in [0.4, 0.5) is 0 Å². The van der Waals surface area contributed by atoms with Crippen LogP contribution in [0.25, 0.3) is 0 Å². The van der Waals surface area contributed by atoms with Crippen molar-refractivity contribution in [1.82, 2.24) is 4.31 Å². The van der Waals surface area contributed by atoms with Crippen molar-refractivity contribution in [3.05, 3.63) is 14.9 Å². The Bertz CT molecular complexity index is 525. The molecule has 0 saturated carbocycles. The first-order valence-electron chi connectivity index (χ1n) is 4.88. The summed E-state index contributed by atoms with van der Waals surface area (Å²) in [6, 6.07) is 1.43. The zero-order valence-corrected chi connectivity index (χ0v) is 12.6. The lowest BCUT2D eigenvalue weighted by Gasteiger charge is -2.24. The fourth-order valence-corrected chi connectivity index (χ4v) is 5.55. The number of halogens is 2. The Balaban J connectivity index is 2.27. The highest BCUT2D eigenvalue weighted by atomic mass is 79.9. The van der Waals surface area contributed by atoms with E-state index in [1.807, 2.05) is 0 Å². The average Bonchev–Trinajstić information content (AvgIpc) is 2.60. The topological polar surface area (TPSA) is 54.5 Å². The molecule has 0 amide bonds. The van der Waals surface area contributed by atoms with Gasteiger partial charge in [0.1, 0.15) is 9.99 Å². The van der Waals surface area contributed by atoms with Gasteiger partial charge in [-0.2, -0.15) is 4.31 Å². The molecule has 0 bridgehead atoms. The summed E-state index contributed by atoms with van der Waals surface area (Å²) in [5, 5.41) is 0.390. The van der Waals surface area contributed by atoms with Crippen LogP contribution in [0, 0.1) is 0 Å². The molecule has 0 atom stereocenters. The summed E-state index contributed by atoms with van der Waals surface area (Å²) in [5.74, 6) is 0.113. The van der Waals surface area contributed by atoms with E-state index in [0.29, 0.717) is 21.7 Å². The maximum Gasteiger partial charge on any atom is 0.252 e. The third-order valence-electron chi connectivity index (χ3n) is 2.50. The van der Waals surface area contributed by atoms with E-state index in [9.17, 15) is 13.2 Å². The largest absolute Gasteiger partial charge is 0.300 e. The fourth-order valence-electron chi connectivity index (χ4n) is 1.56. The predicted octanol–water partition coefficient (Wildman–Crippen LogP) is 2.52. The van der Waals surface area contributed by atoms with Crippen molar-refractivity contribution in [1.29, 1.82) is 0 Å². The van der Waals surface area contributed by atoms with Gasteiger partial charge in [-0.05, 0) is 22.0 Å². The zero-order chi connectivity index (χ0) is 12.6. The first-order valence-corrected chi connectivity index (χ1v) is 8.30. The van der Waals surface area contributed by atoms with Crippen LogP contribution in [-0.4, -0.2) is 31.6 Å². The van der Waals surface area contributed by atoms with E-state index in [1.165, 1.54) is 10.4 Å². The normalized spacial score (nSPS) is 18.6. The molecule has 8 heteroatoms. The van der Waals surface area contributed by atoms with Gasteiger partial charge in [0.05, 0.1) is 8.81 Å². The van der Waals surface area contributed by atoms with Gasteiger partial charge in [0.25, 0.3) is 10.0 Å². The number of rotatable bonds is 2. The molecule has 0 aromatic carbocycles. The van der Waals surface area contributed by atoms with Crippen LogP contribution in [-0.2, 0) is 14.8 Å². The molecule has 0 aliphatic carbocycles. The van der Waals surface area contributed by atoms with Gasteiger partial charge in [-0.15, -0.1) is 11.3 Å². The minimum Gasteiger partial charge on any atom is -0.300 e. The number of hydrogen-bond donors (Lipinski definition) is 0. The lowest BCUT2D eigenvalue weighted by Crippen LogP contribution is -2.38. The Morgan fingerprint density at radius 2 is 1.94 bits per heavy atom. The molecule has 2 rings (SSSR count). The van der Waals surface area contributed by atoms with Crippen LogP contribution in [0.1, 0.15) is 12.8 Å². The highest BCUT2D eigenvalue weighted by Crippen LogP contribution is 2.36. The van der Waals surface area contributed by atoms with E-state index < -0.39 is 10.0 Å². The molecule has 0 N–H and O–H groups in total. The van der Waals surface area contributed by atoms with Crippen molar-refractivity contribution >= 4 is 54.7 Å². The molecule has 4 nitrogen and oxygen atoms in total. The van der Waals surface area contributed by atoms with Crippen molar-refractivity contribution in [2.45, 2.75) is 17.1 Å².